The van der Waals surface area contributed by atoms with Gasteiger partial charge in [-0.05, 0) is 50.8 Å². The number of amides is 3. The lowest BCUT2D eigenvalue weighted by Crippen LogP contribution is -2.52. The second-order valence-corrected chi connectivity index (χ2v) is 7.24. The summed E-state index contributed by atoms with van der Waals surface area (Å²) in [6.45, 7) is 9.16. The van der Waals surface area contributed by atoms with E-state index in [4.69, 9.17) is 4.42 Å². The summed E-state index contributed by atoms with van der Waals surface area (Å²) in [6, 6.07) is 7.99. The van der Waals surface area contributed by atoms with E-state index in [2.05, 4.69) is 16.2 Å². The van der Waals surface area contributed by atoms with Gasteiger partial charge in [0.15, 0.2) is 0 Å². The van der Waals surface area contributed by atoms with Crippen molar-refractivity contribution in [2.75, 3.05) is 0 Å². The smallest absolute Gasteiger partial charge is 0.273 e. The number of carbonyl (C=O) groups excluding carboxylic acids is 3. The van der Waals surface area contributed by atoms with Gasteiger partial charge in [0.1, 0.15) is 17.6 Å². The Bertz CT molecular complexity index is 870. The molecule has 0 fully saturated rings. The SMILES string of the molecule is Cc1cc(C(=O)NNC(=O)[C@H](CC(C)C)NC(=O)c2ccccc2C)c(C)o1. The van der Waals surface area contributed by atoms with Gasteiger partial charge in [-0.1, -0.05) is 32.0 Å². The molecule has 0 aliphatic carbocycles. The number of nitrogens with one attached hydrogen (secondary N) is 3. The zero-order chi connectivity index (χ0) is 20.8. The van der Waals surface area contributed by atoms with Crippen molar-refractivity contribution < 1.29 is 18.8 Å². The summed E-state index contributed by atoms with van der Waals surface area (Å²) in [4.78, 5) is 37.4. The van der Waals surface area contributed by atoms with Gasteiger partial charge < -0.3 is 9.73 Å². The molecule has 3 N–H and O–H groups in total. The molecule has 1 aromatic heterocycles. The summed E-state index contributed by atoms with van der Waals surface area (Å²) >= 11 is 0. The average Bonchev–Trinajstić information content (AvgIpc) is 2.97. The fourth-order valence-corrected chi connectivity index (χ4v) is 2.90. The normalized spacial score (nSPS) is 11.8. The van der Waals surface area contributed by atoms with Gasteiger partial charge in [-0.3, -0.25) is 25.2 Å². The number of carbonyl (C=O) groups is 3. The summed E-state index contributed by atoms with van der Waals surface area (Å²) in [5.74, 6) is -0.0417. The Morgan fingerprint density at radius 2 is 1.64 bits per heavy atom. The van der Waals surface area contributed by atoms with Crippen LogP contribution in [-0.4, -0.2) is 23.8 Å². The predicted molar refractivity (Wildman–Crippen MR) is 106 cm³/mol. The minimum atomic E-state index is -0.778. The first-order valence-corrected chi connectivity index (χ1v) is 9.22. The molecule has 0 saturated heterocycles. The molecule has 28 heavy (non-hydrogen) atoms. The van der Waals surface area contributed by atoms with Gasteiger partial charge in [-0.15, -0.1) is 0 Å². The molecule has 0 unspecified atom stereocenters. The van der Waals surface area contributed by atoms with Crippen LogP contribution in [0.4, 0.5) is 0 Å². The van der Waals surface area contributed by atoms with E-state index in [0.717, 1.165) is 5.56 Å². The summed E-state index contributed by atoms with van der Waals surface area (Å²) in [5, 5.41) is 2.76. The van der Waals surface area contributed by atoms with Crippen LogP contribution < -0.4 is 16.2 Å². The molecule has 7 heteroatoms. The van der Waals surface area contributed by atoms with Crippen LogP contribution in [0, 0.1) is 26.7 Å². The number of furan rings is 1. The summed E-state index contributed by atoms with van der Waals surface area (Å²) in [7, 11) is 0. The highest BCUT2D eigenvalue weighted by Gasteiger charge is 2.24. The lowest BCUT2D eigenvalue weighted by atomic mass is 10.0. The third kappa shape index (κ3) is 5.45. The lowest BCUT2D eigenvalue weighted by Gasteiger charge is -2.20. The van der Waals surface area contributed by atoms with Crippen LogP contribution in [0.15, 0.2) is 34.7 Å². The minimum Gasteiger partial charge on any atom is -0.466 e. The topological polar surface area (TPSA) is 100 Å². The van der Waals surface area contributed by atoms with Gasteiger partial charge in [0.05, 0.1) is 5.56 Å². The molecular weight excluding hydrogens is 358 g/mol. The van der Waals surface area contributed by atoms with Crippen LogP contribution in [0.5, 0.6) is 0 Å². The Morgan fingerprint density at radius 3 is 2.21 bits per heavy atom. The average molecular weight is 385 g/mol. The first kappa shape index (κ1) is 21.2. The molecule has 3 amide bonds. The van der Waals surface area contributed by atoms with E-state index in [1.165, 1.54) is 0 Å². The number of aryl methyl sites for hydroxylation is 3. The summed E-state index contributed by atoms with van der Waals surface area (Å²) in [5.41, 5.74) is 6.46. The first-order valence-electron chi connectivity index (χ1n) is 9.22. The molecular formula is C21H27N3O4. The number of rotatable bonds is 6. The van der Waals surface area contributed by atoms with Crippen LogP contribution in [0.1, 0.15) is 58.1 Å². The van der Waals surface area contributed by atoms with Gasteiger partial charge in [-0.25, -0.2) is 0 Å². The molecule has 1 atom stereocenters. The molecule has 2 aromatic rings. The Morgan fingerprint density at radius 1 is 0.964 bits per heavy atom. The maximum Gasteiger partial charge on any atom is 0.273 e. The van der Waals surface area contributed by atoms with Gasteiger partial charge >= 0.3 is 0 Å². The van der Waals surface area contributed by atoms with Crippen molar-refractivity contribution in [3.63, 3.8) is 0 Å². The van der Waals surface area contributed by atoms with Gasteiger partial charge in [0, 0.05) is 5.56 Å². The van der Waals surface area contributed by atoms with Crippen molar-refractivity contribution in [3.05, 3.63) is 58.5 Å². The molecule has 2 rings (SSSR count). The van der Waals surface area contributed by atoms with Crippen molar-refractivity contribution in [1.29, 1.82) is 0 Å². The van der Waals surface area contributed by atoms with Crippen molar-refractivity contribution in [2.24, 2.45) is 5.92 Å². The van der Waals surface area contributed by atoms with Gasteiger partial charge in [-0.2, -0.15) is 0 Å². The molecule has 0 bridgehead atoms. The molecule has 0 spiro atoms. The number of benzene rings is 1. The third-order valence-corrected chi connectivity index (χ3v) is 4.30. The predicted octanol–water partition coefficient (Wildman–Crippen LogP) is 2.81. The van der Waals surface area contributed by atoms with Crippen molar-refractivity contribution in [2.45, 2.75) is 47.1 Å². The Balaban J connectivity index is 2.04. The van der Waals surface area contributed by atoms with Crippen LogP contribution in [0.3, 0.4) is 0 Å². The van der Waals surface area contributed by atoms with Gasteiger partial charge in [0.25, 0.3) is 17.7 Å². The highest BCUT2D eigenvalue weighted by atomic mass is 16.3. The van der Waals surface area contributed by atoms with E-state index in [0.29, 0.717) is 29.1 Å². The van der Waals surface area contributed by atoms with Crippen molar-refractivity contribution in [3.8, 4) is 0 Å². The molecule has 0 aliphatic rings. The van der Waals surface area contributed by atoms with Crippen molar-refractivity contribution in [1.82, 2.24) is 16.2 Å². The monoisotopic (exact) mass is 385 g/mol. The second kappa shape index (κ2) is 9.21. The molecule has 0 saturated carbocycles. The fourth-order valence-electron chi connectivity index (χ4n) is 2.90. The largest absolute Gasteiger partial charge is 0.466 e. The Labute approximate surface area is 164 Å². The molecule has 0 radical (unpaired) electrons. The van der Waals surface area contributed by atoms with Crippen LogP contribution in [0.2, 0.25) is 0 Å². The minimum absolute atomic E-state index is 0.169. The Hall–Kier alpha value is -3.09. The van der Waals surface area contributed by atoms with E-state index < -0.39 is 17.9 Å². The van der Waals surface area contributed by atoms with E-state index in [1.807, 2.05) is 32.9 Å². The maximum atomic E-state index is 12.6. The van der Waals surface area contributed by atoms with E-state index in [9.17, 15) is 14.4 Å². The van der Waals surface area contributed by atoms with Crippen LogP contribution >= 0.6 is 0 Å². The first-order chi connectivity index (χ1) is 13.2. The summed E-state index contributed by atoms with van der Waals surface area (Å²) in [6.07, 6.45) is 0.434. The Kier molecular flexibility index (Phi) is 6.98. The zero-order valence-corrected chi connectivity index (χ0v) is 16.9. The third-order valence-electron chi connectivity index (χ3n) is 4.30. The molecule has 7 nitrogen and oxygen atoms in total. The fraction of sp³-hybridized carbons (Fsp3) is 0.381. The van der Waals surface area contributed by atoms with E-state index in [1.54, 1.807) is 32.0 Å². The lowest BCUT2D eigenvalue weighted by molar-refractivity contribution is -0.124. The van der Waals surface area contributed by atoms with Crippen LogP contribution in [0.25, 0.3) is 0 Å². The number of hydrazine groups is 1. The highest BCUT2D eigenvalue weighted by Crippen LogP contribution is 2.13. The van der Waals surface area contributed by atoms with Gasteiger partial charge in [0.2, 0.25) is 0 Å². The van der Waals surface area contributed by atoms with Crippen LogP contribution in [-0.2, 0) is 4.79 Å². The molecule has 1 aromatic carbocycles. The molecule has 1 heterocycles. The number of hydrogen-bond acceptors (Lipinski definition) is 4. The number of hydrogen-bond donors (Lipinski definition) is 3. The molecule has 0 aliphatic heterocycles. The molecule has 150 valence electrons. The summed E-state index contributed by atoms with van der Waals surface area (Å²) < 4.78 is 5.32. The second-order valence-electron chi connectivity index (χ2n) is 7.24. The van der Waals surface area contributed by atoms with Crippen molar-refractivity contribution >= 4 is 17.7 Å². The standard InChI is InChI=1S/C21H27N3O4/c1-12(2)10-18(22-19(25)16-9-7-6-8-13(16)3)21(27)24-23-20(26)17-11-14(4)28-15(17)5/h6-9,11-12,18H,10H2,1-5H3,(H,22,25)(H,23,26)(H,24,27)/t18-/m0/s1. The highest BCUT2D eigenvalue weighted by molar-refractivity contribution is 6.00. The van der Waals surface area contributed by atoms with E-state index >= 15 is 0 Å². The van der Waals surface area contributed by atoms with E-state index in [-0.39, 0.29) is 11.8 Å². The zero-order valence-electron chi connectivity index (χ0n) is 16.9. The quantitative estimate of drug-likeness (QED) is 0.666. The maximum absolute atomic E-state index is 12.6.